The summed E-state index contributed by atoms with van der Waals surface area (Å²) in [6.45, 7) is 7.26. The van der Waals surface area contributed by atoms with Gasteiger partial charge in [0.05, 0.1) is 17.6 Å². The summed E-state index contributed by atoms with van der Waals surface area (Å²) in [5.41, 5.74) is 4.22. The fraction of sp³-hybridized carbons (Fsp3) is 0.350. The van der Waals surface area contributed by atoms with Crippen molar-refractivity contribution in [2.24, 2.45) is 0 Å². The number of imidazole rings is 1. The highest BCUT2D eigenvalue weighted by atomic mass is 16.5. The lowest BCUT2D eigenvalue weighted by molar-refractivity contribution is 0.157. The molecule has 0 fully saturated rings. The zero-order valence-electron chi connectivity index (χ0n) is 14.5. The Morgan fingerprint density at radius 3 is 2.50 bits per heavy atom. The Labute approximate surface area is 142 Å². The van der Waals surface area contributed by atoms with Crippen molar-refractivity contribution in [1.29, 1.82) is 0 Å². The largest absolute Gasteiger partial charge is 0.491 e. The molecule has 126 valence electrons. The summed E-state index contributed by atoms with van der Waals surface area (Å²) < 4.78 is 8.09. The van der Waals surface area contributed by atoms with Gasteiger partial charge in [0.2, 0.25) is 0 Å². The number of hydrogen-bond donors (Lipinski definition) is 1. The van der Waals surface area contributed by atoms with Crippen LogP contribution in [0.1, 0.15) is 36.4 Å². The molecule has 2 aromatic carbocycles. The Morgan fingerprint density at radius 2 is 1.79 bits per heavy atom. The highest BCUT2D eigenvalue weighted by Gasteiger charge is 2.16. The maximum atomic E-state index is 10.3. The van der Waals surface area contributed by atoms with Crippen molar-refractivity contribution in [2.45, 2.75) is 39.8 Å². The molecular formula is C20H24N2O2. The van der Waals surface area contributed by atoms with Crippen molar-refractivity contribution >= 4 is 11.0 Å². The first-order valence-electron chi connectivity index (χ1n) is 8.44. The average Bonchev–Trinajstić information content (AvgIpc) is 2.95. The number of aliphatic hydroxyl groups excluding tert-OH is 1. The number of aliphatic hydroxyl groups is 1. The molecule has 0 aliphatic heterocycles. The van der Waals surface area contributed by atoms with E-state index in [9.17, 15) is 5.11 Å². The van der Waals surface area contributed by atoms with Gasteiger partial charge in [0, 0.05) is 0 Å². The molecule has 4 nitrogen and oxygen atoms in total. The van der Waals surface area contributed by atoms with E-state index in [2.05, 4.69) is 35.5 Å². The molecule has 0 saturated carbocycles. The highest BCUT2D eigenvalue weighted by molar-refractivity contribution is 5.76. The van der Waals surface area contributed by atoms with Crippen LogP contribution in [0.3, 0.4) is 0 Å². The maximum Gasteiger partial charge on any atom is 0.138 e. The lowest BCUT2D eigenvalue weighted by atomic mass is 10.1. The minimum Gasteiger partial charge on any atom is -0.491 e. The van der Waals surface area contributed by atoms with Gasteiger partial charge in [0.15, 0.2) is 0 Å². The third-order valence-electron chi connectivity index (χ3n) is 4.34. The predicted molar refractivity (Wildman–Crippen MR) is 96.4 cm³/mol. The third-order valence-corrected chi connectivity index (χ3v) is 4.34. The fourth-order valence-electron chi connectivity index (χ4n) is 3.03. The molecular weight excluding hydrogens is 300 g/mol. The number of rotatable bonds is 6. The van der Waals surface area contributed by atoms with Crippen LogP contribution in [-0.4, -0.2) is 21.3 Å². The highest BCUT2D eigenvalue weighted by Crippen LogP contribution is 2.24. The number of hydrogen-bond acceptors (Lipinski definition) is 3. The van der Waals surface area contributed by atoms with E-state index < -0.39 is 6.10 Å². The van der Waals surface area contributed by atoms with Gasteiger partial charge < -0.3 is 14.4 Å². The van der Waals surface area contributed by atoms with Gasteiger partial charge in [-0.05, 0) is 43.5 Å². The van der Waals surface area contributed by atoms with E-state index in [-0.39, 0.29) is 0 Å². The van der Waals surface area contributed by atoms with Crippen LogP contribution in [0, 0.1) is 13.8 Å². The first kappa shape index (κ1) is 16.5. The molecule has 0 spiro atoms. The molecule has 0 saturated heterocycles. The number of benzene rings is 2. The molecule has 0 aliphatic rings. The van der Waals surface area contributed by atoms with E-state index in [1.54, 1.807) is 0 Å². The van der Waals surface area contributed by atoms with Gasteiger partial charge in [-0.25, -0.2) is 4.98 Å². The first-order valence-corrected chi connectivity index (χ1v) is 8.44. The Bertz CT molecular complexity index is 819. The Morgan fingerprint density at radius 1 is 1.08 bits per heavy atom. The summed E-state index contributed by atoms with van der Waals surface area (Å²) in [5.74, 6) is 1.66. The van der Waals surface area contributed by atoms with Gasteiger partial charge in [-0.15, -0.1) is 0 Å². The van der Waals surface area contributed by atoms with E-state index in [0.29, 0.717) is 25.4 Å². The molecule has 3 rings (SSSR count). The number of aromatic nitrogens is 2. The van der Waals surface area contributed by atoms with Crippen molar-refractivity contribution in [2.75, 3.05) is 6.61 Å². The minimum atomic E-state index is -0.558. The van der Waals surface area contributed by atoms with Gasteiger partial charge in [0.1, 0.15) is 24.3 Å². The minimum absolute atomic E-state index is 0.537. The smallest absolute Gasteiger partial charge is 0.138 e. The van der Waals surface area contributed by atoms with Crippen LogP contribution in [0.5, 0.6) is 5.75 Å². The molecule has 0 aliphatic carbocycles. The van der Waals surface area contributed by atoms with Gasteiger partial charge in [0.25, 0.3) is 0 Å². The van der Waals surface area contributed by atoms with Gasteiger partial charge in [-0.3, -0.25) is 0 Å². The average molecular weight is 324 g/mol. The SMILES string of the molecule is CC[C@@H](O)c1nc2ccccc2n1CCOc1c(C)cccc1C. The van der Waals surface area contributed by atoms with Crippen LogP contribution in [0.25, 0.3) is 11.0 Å². The number of ether oxygens (including phenoxy) is 1. The van der Waals surface area contributed by atoms with Crippen LogP contribution >= 0.6 is 0 Å². The molecule has 0 radical (unpaired) electrons. The number of fused-ring (bicyclic) bond motifs is 1. The van der Waals surface area contributed by atoms with Crippen LogP contribution in [0.2, 0.25) is 0 Å². The standard InChI is InChI=1S/C20H24N2O2/c1-4-18(23)20-21-16-10-5-6-11-17(16)22(20)12-13-24-19-14(2)8-7-9-15(19)3/h5-11,18,23H,4,12-13H2,1-3H3/t18-/m1/s1. The van der Waals surface area contributed by atoms with E-state index >= 15 is 0 Å². The number of para-hydroxylation sites is 3. The van der Waals surface area contributed by atoms with Gasteiger partial charge in [-0.1, -0.05) is 37.3 Å². The molecule has 1 N–H and O–H groups in total. The van der Waals surface area contributed by atoms with Crippen molar-refractivity contribution in [1.82, 2.24) is 9.55 Å². The number of aryl methyl sites for hydroxylation is 2. The van der Waals surface area contributed by atoms with Crippen LogP contribution in [0.4, 0.5) is 0 Å². The second kappa shape index (κ2) is 7.05. The lowest BCUT2D eigenvalue weighted by Gasteiger charge is -2.15. The summed E-state index contributed by atoms with van der Waals surface area (Å²) in [6, 6.07) is 14.1. The van der Waals surface area contributed by atoms with Crippen LogP contribution in [0.15, 0.2) is 42.5 Å². The van der Waals surface area contributed by atoms with Gasteiger partial charge in [-0.2, -0.15) is 0 Å². The molecule has 0 amide bonds. The van der Waals surface area contributed by atoms with E-state index in [0.717, 1.165) is 27.9 Å². The second-order valence-electron chi connectivity index (χ2n) is 6.10. The van der Waals surface area contributed by atoms with Gasteiger partial charge >= 0.3 is 0 Å². The summed E-state index contributed by atoms with van der Waals surface area (Å²) >= 11 is 0. The Hall–Kier alpha value is -2.33. The molecule has 4 heteroatoms. The van der Waals surface area contributed by atoms with Crippen molar-refractivity contribution in [3.05, 3.63) is 59.4 Å². The van der Waals surface area contributed by atoms with Crippen molar-refractivity contribution in [3.63, 3.8) is 0 Å². The molecule has 0 unspecified atom stereocenters. The van der Waals surface area contributed by atoms with Crippen LogP contribution in [-0.2, 0) is 6.54 Å². The monoisotopic (exact) mass is 324 g/mol. The van der Waals surface area contributed by atoms with E-state index in [4.69, 9.17) is 4.74 Å². The Balaban J connectivity index is 1.84. The first-order chi connectivity index (χ1) is 11.6. The summed E-state index contributed by atoms with van der Waals surface area (Å²) in [6.07, 6.45) is 0.0822. The van der Waals surface area contributed by atoms with Crippen molar-refractivity contribution in [3.8, 4) is 5.75 Å². The summed E-state index contributed by atoms with van der Waals surface area (Å²) in [5, 5.41) is 10.3. The van der Waals surface area contributed by atoms with E-state index in [1.165, 1.54) is 0 Å². The lowest BCUT2D eigenvalue weighted by Crippen LogP contribution is -2.14. The molecule has 3 aromatic rings. The summed E-state index contributed by atoms with van der Waals surface area (Å²) in [4.78, 5) is 4.60. The topological polar surface area (TPSA) is 47.3 Å². The zero-order valence-corrected chi connectivity index (χ0v) is 14.5. The Kier molecular flexibility index (Phi) is 4.86. The summed E-state index contributed by atoms with van der Waals surface area (Å²) in [7, 11) is 0. The number of nitrogens with zero attached hydrogens (tertiary/aromatic N) is 2. The molecule has 1 heterocycles. The molecule has 1 aromatic heterocycles. The zero-order chi connectivity index (χ0) is 17.1. The third kappa shape index (κ3) is 3.15. The normalized spacial score (nSPS) is 12.5. The van der Waals surface area contributed by atoms with E-state index in [1.807, 2.05) is 37.3 Å². The second-order valence-corrected chi connectivity index (χ2v) is 6.10. The maximum absolute atomic E-state index is 10.3. The van der Waals surface area contributed by atoms with Crippen LogP contribution < -0.4 is 4.74 Å². The molecule has 1 atom stereocenters. The van der Waals surface area contributed by atoms with Crippen molar-refractivity contribution < 1.29 is 9.84 Å². The molecule has 0 bridgehead atoms. The fourth-order valence-corrected chi connectivity index (χ4v) is 3.03. The molecule has 24 heavy (non-hydrogen) atoms. The predicted octanol–water partition coefficient (Wildman–Crippen LogP) is 4.18. The quantitative estimate of drug-likeness (QED) is 0.740.